The Bertz CT molecular complexity index is 784. The normalized spacial score (nSPS) is 16.7. The number of carbonyl (C=O) groups excluding carboxylic acids is 2. The van der Waals surface area contributed by atoms with Crippen molar-refractivity contribution in [2.24, 2.45) is 7.05 Å². The van der Waals surface area contributed by atoms with Crippen LogP contribution in [-0.4, -0.2) is 26.8 Å². The third-order valence-electron chi connectivity index (χ3n) is 3.86. The van der Waals surface area contributed by atoms with Gasteiger partial charge in [-0.3, -0.25) is 14.3 Å². The fourth-order valence-electron chi connectivity index (χ4n) is 2.52. The van der Waals surface area contributed by atoms with Crippen LogP contribution in [0.4, 0.5) is 11.5 Å². The van der Waals surface area contributed by atoms with Gasteiger partial charge in [0.2, 0.25) is 11.8 Å². The van der Waals surface area contributed by atoms with Crippen LogP contribution in [0, 0.1) is 13.8 Å². The predicted octanol–water partition coefficient (Wildman–Crippen LogP) is 2.48. The molecule has 1 aliphatic heterocycles. The number of anilines is 2. The molecule has 0 fully saturated rings. The van der Waals surface area contributed by atoms with Crippen LogP contribution >= 0.6 is 11.8 Å². The molecule has 0 spiro atoms. The maximum Gasteiger partial charge on any atom is 0.238 e. The standard InChI is InChI=1S/C16H18N4O2S/c1-9-10(2)19-20(3)15(9)18-14(21)8-13-16(22)17-11-6-4-5-7-12(11)23-13/h4-7,13H,8H2,1-3H3,(H,17,22)(H,18,21). The average Bonchev–Trinajstić information content (AvgIpc) is 2.74. The Hall–Kier alpha value is -2.28. The molecule has 1 atom stereocenters. The van der Waals surface area contributed by atoms with Crippen LogP contribution in [0.3, 0.4) is 0 Å². The van der Waals surface area contributed by atoms with Gasteiger partial charge in [0, 0.05) is 23.9 Å². The smallest absolute Gasteiger partial charge is 0.238 e. The van der Waals surface area contributed by atoms with E-state index < -0.39 is 5.25 Å². The Morgan fingerprint density at radius 2 is 2.13 bits per heavy atom. The molecule has 2 heterocycles. The van der Waals surface area contributed by atoms with Crippen molar-refractivity contribution in [2.45, 2.75) is 30.4 Å². The third-order valence-corrected chi connectivity index (χ3v) is 5.13. The van der Waals surface area contributed by atoms with Crippen molar-refractivity contribution in [1.82, 2.24) is 9.78 Å². The summed E-state index contributed by atoms with van der Waals surface area (Å²) in [5.41, 5.74) is 2.62. The van der Waals surface area contributed by atoms with Gasteiger partial charge in [-0.05, 0) is 26.0 Å². The van der Waals surface area contributed by atoms with Gasteiger partial charge in [-0.2, -0.15) is 5.10 Å². The molecule has 0 radical (unpaired) electrons. The molecule has 2 amide bonds. The predicted molar refractivity (Wildman–Crippen MR) is 90.6 cm³/mol. The van der Waals surface area contributed by atoms with Crippen molar-refractivity contribution >= 4 is 35.1 Å². The van der Waals surface area contributed by atoms with Gasteiger partial charge in [0.05, 0.1) is 16.6 Å². The van der Waals surface area contributed by atoms with E-state index in [9.17, 15) is 9.59 Å². The Balaban J connectivity index is 1.70. The molecule has 0 bridgehead atoms. The molecular weight excluding hydrogens is 312 g/mol. The van der Waals surface area contributed by atoms with Gasteiger partial charge >= 0.3 is 0 Å². The summed E-state index contributed by atoms with van der Waals surface area (Å²) in [4.78, 5) is 25.4. The number of nitrogens with zero attached hydrogens (tertiary/aromatic N) is 2. The second-order valence-electron chi connectivity index (χ2n) is 5.53. The van der Waals surface area contributed by atoms with Crippen molar-refractivity contribution in [3.63, 3.8) is 0 Å². The summed E-state index contributed by atoms with van der Waals surface area (Å²) in [6.07, 6.45) is 0.120. The monoisotopic (exact) mass is 330 g/mol. The van der Waals surface area contributed by atoms with E-state index in [1.165, 1.54) is 11.8 Å². The molecule has 23 heavy (non-hydrogen) atoms. The van der Waals surface area contributed by atoms with Crippen LogP contribution in [0.15, 0.2) is 29.2 Å². The van der Waals surface area contributed by atoms with Gasteiger partial charge in [-0.25, -0.2) is 0 Å². The molecule has 2 N–H and O–H groups in total. The van der Waals surface area contributed by atoms with Gasteiger partial charge in [-0.15, -0.1) is 11.8 Å². The minimum absolute atomic E-state index is 0.120. The number of aromatic nitrogens is 2. The Kier molecular flexibility index (Phi) is 4.12. The Morgan fingerprint density at radius 3 is 2.83 bits per heavy atom. The van der Waals surface area contributed by atoms with Crippen LogP contribution in [0.25, 0.3) is 0 Å². The number of nitrogens with one attached hydrogen (secondary N) is 2. The lowest BCUT2D eigenvalue weighted by atomic mass is 10.2. The van der Waals surface area contributed by atoms with Crippen molar-refractivity contribution in [1.29, 1.82) is 0 Å². The summed E-state index contributed by atoms with van der Waals surface area (Å²) in [6, 6.07) is 7.60. The van der Waals surface area contributed by atoms with Gasteiger partial charge in [-0.1, -0.05) is 12.1 Å². The highest BCUT2D eigenvalue weighted by Gasteiger charge is 2.29. The van der Waals surface area contributed by atoms with Gasteiger partial charge < -0.3 is 10.6 Å². The molecule has 1 aliphatic rings. The number of benzene rings is 1. The zero-order valence-corrected chi connectivity index (χ0v) is 14.0. The number of hydrogen-bond acceptors (Lipinski definition) is 4. The molecule has 0 saturated carbocycles. The van der Waals surface area contributed by atoms with Gasteiger partial charge in [0.1, 0.15) is 5.82 Å². The minimum Gasteiger partial charge on any atom is -0.324 e. The van der Waals surface area contributed by atoms with E-state index in [4.69, 9.17) is 0 Å². The number of thioether (sulfide) groups is 1. The zero-order valence-electron chi connectivity index (χ0n) is 13.2. The van der Waals surface area contributed by atoms with Crippen molar-refractivity contribution < 1.29 is 9.59 Å². The topological polar surface area (TPSA) is 76.0 Å². The summed E-state index contributed by atoms with van der Waals surface area (Å²) in [7, 11) is 1.79. The first-order valence-corrected chi connectivity index (χ1v) is 8.20. The van der Waals surface area contributed by atoms with E-state index in [2.05, 4.69) is 15.7 Å². The van der Waals surface area contributed by atoms with E-state index in [1.807, 2.05) is 38.1 Å². The highest BCUT2D eigenvalue weighted by Crippen LogP contribution is 2.36. The number of rotatable bonds is 3. The first-order chi connectivity index (χ1) is 11.0. The van der Waals surface area contributed by atoms with Crippen LogP contribution in [-0.2, 0) is 16.6 Å². The average molecular weight is 330 g/mol. The number of aryl methyl sites for hydroxylation is 2. The molecule has 3 rings (SSSR count). The highest BCUT2D eigenvalue weighted by molar-refractivity contribution is 8.01. The minimum atomic E-state index is -0.431. The fourth-order valence-corrected chi connectivity index (χ4v) is 3.63. The summed E-state index contributed by atoms with van der Waals surface area (Å²) in [5, 5.41) is 9.55. The van der Waals surface area contributed by atoms with E-state index in [1.54, 1.807) is 11.7 Å². The lowest BCUT2D eigenvalue weighted by Gasteiger charge is -2.23. The van der Waals surface area contributed by atoms with Crippen LogP contribution in [0.2, 0.25) is 0 Å². The Morgan fingerprint density at radius 1 is 1.39 bits per heavy atom. The first kappa shape index (κ1) is 15.6. The molecule has 120 valence electrons. The Labute approximate surface area is 138 Å². The van der Waals surface area contributed by atoms with Crippen molar-refractivity contribution in [2.75, 3.05) is 10.6 Å². The quantitative estimate of drug-likeness (QED) is 0.906. The third kappa shape index (κ3) is 3.10. The molecular formula is C16H18N4O2S. The summed E-state index contributed by atoms with van der Waals surface area (Å²) in [5.74, 6) is 0.346. The van der Waals surface area contributed by atoms with E-state index >= 15 is 0 Å². The second-order valence-corrected chi connectivity index (χ2v) is 6.77. The molecule has 1 aromatic carbocycles. The zero-order chi connectivity index (χ0) is 16.6. The van der Waals surface area contributed by atoms with Crippen LogP contribution in [0.1, 0.15) is 17.7 Å². The molecule has 6 nitrogen and oxygen atoms in total. The summed E-state index contributed by atoms with van der Waals surface area (Å²) >= 11 is 1.42. The van der Waals surface area contributed by atoms with Crippen molar-refractivity contribution in [3.05, 3.63) is 35.5 Å². The molecule has 2 aromatic rings. The van der Waals surface area contributed by atoms with Crippen molar-refractivity contribution in [3.8, 4) is 0 Å². The summed E-state index contributed by atoms with van der Waals surface area (Å²) < 4.78 is 1.64. The number of fused-ring (bicyclic) bond motifs is 1. The number of carbonyl (C=O) groups is 2. The number of para-hydroxylation sites is 1. The maximum absolute atomic E-state index is 12.3. The number of amides is 2. The SMILES string of the molecule is Cc1nn(C)c(NC(=O)CC2Sc3ccccc3NC2=O)c1C. The van der Waals surface area contributed by atoms with Gasteiger partial charge in [0.25, 0.3) is 0 Å². The molecule has 1 aromatic heterocycles. The maximum atomic E-state index is 12.3. The lowest BCUT2D eigenvalue weighted by molar-refractivity contribution is -0.120. The fraction of sp³-hybridized carbons (Fsp3) is 0.312. The van der Waals surface area contributed by atoms with Gasteiger partial charge in [0.15, 0.2) is 0 Å². The summed E-state index contributed by atoms with van der Waals surface area (Å²) in [6.45, 7) is 3.81. The van der Waals surface area contributed by atoms with Crippen LogP contribution in [0.5, 0.6) is 0 Å². The largest absolute Gasteiger partial charge is 0.324 e. The highest BCUT2D eigenvalue weighted by atomic mass is 32.2. The second kappa shape index (κ2) is 6.08. The number of hydrogen-bond donors (Lipinski definition) is 2. The lowest BCUT2D eigenvalue weighted by Crippen LogP contribution is -2.32. The van der Waals surface area contributed by atoms with E-state index in [-0.39, 0.29) is 18.2 Å². The molecule has 7 heteroatoms. The first-order valence-electron chi connectivity index (χ1n) is 7.32. The van der Waals surface area contributed by atoms with E-state index in [0.29, 0.717) is 5.82 Å². The van der Waals surface area contributed by atoms with Crippen LogP contribution < -0.4 is 10.6 Å². The molecule has 0 aliphatic carbocycles. The molecule has 1 unspecified atom stereocenters. The van der Waals surface area contributed by atoms with E-state index in [0.717, 1.165) is 21.8 Å². The molecule has 0 saturated heterocycles.